The number of ether oxygens (including phenoxy) is 2. The molecule has 0 radical (unpaired) electrons. The molecule has 2 saturated heterocycles. The van der Waals surface area contributed by atoms with Crippen LogP contribution >= 0.6 is 15.6 Å². The van der Waals surface area contributed by atoms with Gasteiger partial charge < -0.3 is 67.7 Å². The maximum Gasteiger partial charge on any atom is 0.280 e. The number of H-pyrrole nitrogens is 1. The van der Waals surface area contributed by atoms with E-state index in [0.29, 0.717) is 0 Å². The number of anilines is 2. The minimum atomic E-state index is -5.81. The summed E-state index contributed by atoms with van der Waals surface area (Å²) in [5, 5.41) is 9.64. The third kappa shape index (κ3) is 9.33. The van der Waals surface area contributed by atoms with Gasteiger partial charge in [0.2, 0.25) is 5.95 Å². The number of rotatable bonds is 14. The molecule has 2 aliphatic heterocycles. The second-order valence-corrected chi connectivity index (χ2v) is 29.7. The van der Waals surface area contributed by atoms with E-state index in [4.69, 9.17) is 43.4 Å². The molecule has 28 heteroatoms. The molecule has 6 N–H and O–H groups in total. The molecule has 5 unspecified atom stereocenters. The lowest BCUT2D eigenvalue weighted by atomic mass is 10.1. The second kappa shape index (κ2) is 16.3. The van der Waals surface area contributed by atoms with E-state index in [0.717, 1.165) is 0 Å². The Balaban J connectivity index is 1.37. The van der Waals surface area contributed by atoms with Crippen LogP contribution in [0, 0.1) is 0 Å². The lowest BCUT2D eigenvalue weighted by Crippen LogP contribution is -2.50. The van der Waals surface area contributed by atoms with E-state index in [1.54, 1.807) is 0 Å². The number of fused-ring (bicyclic) bond motifs is 2. The van der Waals surface area contributed by atoms with Crippen molar-refractivity contribution in [2.45, 2.75) is 127 Å². The lowest BCUT2D eigenvalue weighted by Gasteiger charge is -2.42. The lowest BCUT2D eigenvalue weighted by molar-refractivity contribution is -0.346. The Labute approximate surface area is 346 Å². The number of aromatic amines is 1. The van der Waals surface area contributed by atoms with Crippen molar-refractivity contribution in [1.82, 2.24) is 39.0 Å². The molecule has 60 heavy (non-hydrogen) atoms. The van der Waals surface area contributed by atoms with Gasteiger partial charge in [-0.3, -0.25) is 23.5 Å². The van der Waals surface area contributed by atoms with Crippen LogP contribution in [-0.4, -0.2) is 111 Å². The molecule has 0 aliphatic carbocycles. The molecular weight excluding hydrogens is 867 g/mol. The third-order valence-electron chi connectivity index (χ3n) is 11.5. The number of phosphoric ester groups is 2. The number of hydrogen-bond acceptors (Lipinski definition) is 21. The number of aliphatic hydroxyl groups excluding tert-OH is 1. The highest BCUT2D eigenvalue weighted by Crippen LogP contribution is 2.51. The maximum atomic E-state index is 14.0. The highest BCUT2D eigenvalue weighted by atomic mass is 31.2. The fraction of sp³-hybridized carbons (Fsp3) is 0.688. The number of imidazole rings is 2. The van der Waals surface area contributed by atoms with E-state index in [2.05, 4.69) is 29.9 Å². The van der Waals surface area contributed by atoms with Crippen LogP contribution in [0.25, 0.3) is 22.3 Å². The van der Waals surface area contributed by atoms with Gasteiger partial charge in [0.05, 0.1) is 33.7 Å². The van der Waals surface area contributed by atoms with Crippen LogP contribution in [0.15, 0.2) is 23.8 Å². The zero-order valence-corrected chi connectivity index (χ0v) is 38.5. The zero-order chi connectivity index (χ0) is 44.5. The fourth-order valence-electron chi connectivity index (χ4n) is 6.37. The zero-order valence-electron chi connectivity index (χ0n) is 34.7. The van der Waals surface area contributed by atoms with Gasteiger partial charge in [-0.25, -0.2) is 19.9 Å². The van der Waals surface area contributed by atoms with E-state index in [-0.39, 0.29) is 34.1 Å². The largest absolute Gasteiger partial charge is 0.790 e. The van der Waals surface area contributed by atoms with Crippen molar-refractivity contribution in [2.24, 2.45) is 0 Å². The molecular formula is C32H51N10O14P2Si2-3. The van der Waals surface area contributed by atoms with Gasteiger partial charge in [0, 0.05) is 0 Å². The monoisotopic (exact) mass is 917 g/mol. The van der Waals surface area contributed by atoms with Gasteiger partial charge in [-0.05, 0) is 36.3 Å². The summed E-state index contributed by atoms with van der Waals surface area (Å²) in [6, 6.07) is 0. The molecule has 0 amide bonds. The van der Waals surface area contributed by atoms with Gasteiger partial charge >= 0.3 is 0 Å². The first-order valence-corrected chi connectivity index (χ1v) is 27.5. The molecule has 0 bridgehead atoms. The molecule has 6 heterocycles. The van der Waals surface area contributed by atoms with Gasteiger partial charge in [-0.2, -0.15) is 4.98 Å². The number of nitrogen functional groups attached to an aromatic ring is 2. The first-order valence-electron chi connectivity index (χ1n) is 18.8. The molecule has 2 fully saturated rings. The number of aromatic nitrogens is 8. The van der Waals surface area contributed by atoms with E-state index < -0.39 is 110 Å². The Morgan fingerprint density at radius 3 is 1.93 bits per heavy atom. The first kappa shape index (κ1) is 46.5. The molecule has 0 spiro atoms. The topological polar surface area (TPSA) is 347 Å². The molecule has 24 nitrogen and oxygen atoms in total. The van der Waals surface area contributed by atoms with E-state index in [1.807, 2.05) is 67.7 Å². The average Bonchev–Trinajstić information content (AvgIpc) is 3.87. The fourth-order valence-corrected chi connectivity index (χ4v) is 10.4. The van der Waals surface area contributed by atoms with Crippen molar-refractivity contribution < 1.29 is 60.8 Å². The number of aliphatic hydroxyl groups is 1. The minimum absolute atomic E-state index is 0.0302. The average molecular weight is 918 g/mol. The molecule has 4 aromatic rings. The highest BCUT2D eigenvalue weighted by Gasteiger charge is 2.55. The smallest absolute Gasteiger partial charge is 0.280 e. The number of nitrogens with zero attached hydrogens (tertiary/aromatic N) is 7. The Hall–Kier alpha value is -3.05. The van der Waals surface area contributed by atoms with Crippen LogP contribution in [-0.2, 0) is 41.0 Å². The van der Waals surface area contributed by atoms with Gasteiger partial charge in [0.1, 0.15) is 48.5 Å². The molecule has 334 valence electrons. The Bertz CT molecular complexity index is 2360. The van der Waals surface area contributed by atoms with E-state index in [1.165, 1.54) is 28.1 Å². The Morgan fingerprint density at radius 1 is 0.800 bits per heavy atom. The maximum absolute atomic E-state index is 14.0. The van der Waals surface area contributed by atoms with Gasteiger partial charge in [0.15, 0.2) is 51.7 Å². The summed E-state index contributed by atoms with van der Waals surface area (Å²) in [6.07, 6.45) is -7.86. The van der Waals surface area contributed by atoms with Crippen molar-refractivity contribution in [3.8, 4) is 0 Å². The van der Waals surface area contributed by atoms with Gasteiger partial charge in [-0.15, -0.1) is 0 Å². The predicted octanol–water partition coefficient (Wildman–Crippen LogP) is 0.776. The number of nitrogens with two attached hydrogens (primary N) is 2. The minimum Gasteiger partial charge on any atom is -0.790 e. The summed E-state index contributed by atoms with van der Waals surface area (Å²) in [4.78, 5) is 74.4. The molecule has 4 aromatic heterocycles. The standard InChI is InChI=1S/C32H54N10O14P2Si2/c1-31(2,3)59(7,8)55-21-16(11-43)51-28(42-15-38-19-26(42)39-30(34)40-27(19)44)22(21)54-58(48,49)50-12-17-20(53-57(45,46)47)23(56-60(9,10)32(4,5)6)29(52-17)41-14-37-18-24(33)35-13-36-25(18)41/h13-17,20-23,28-29,43H,11-12H2,1-10H3,(H,48,49)(H2,33,35,36)(H2,45,46,47)(H3,34,39,40,44)/p-3/t16-,17-,20?,21?,22?,23?,28-,29-/m1/s1. The predicted molar refractivity (Wildman–Crippen MR) is 212 cm³/mol. The summed E-state index contributed by atoms with van der Waals surface area (Å²) in [5.41, 5.74) is 11.3. The molecule has 0 aromatic carbocycles. The van der Waals surface area contributed by atoms with Crippen molar-refractivity contribution in [3.05, 3.63) is 29.3 Å². The van der Waals surface area contributed by atoms with Crippen LogP contribution in [0.2, 0.25) is 36.3 Å². The van der Waals surface area contributed by atoms with Crippen LogP contribution in [0.5, 0.6) is 0 Å². The van der Waals surface area contributed by atoms with Crippen molar-refractivity contribution in [1.29, 1.82) is 0 Å². The number of nitrogens with one attached hydrogen (secondary N) is 1. The Morgan fingerprint density at radius 2 is 1.35 bits per heavy atom. The molecule has 0 saturated carbocycles. The Kier molecular flexibility index (Phi) is 12.6. The van der Waals surface area contributed by atoms with E-state index >= 15 is 0 Å². The summed E-state index contributed by atoms with van der Waals surface area (Å²) in [7, 11) is -17.0. The van der Waals surface area contributed by atoms with Crippen molar-refractivity contribution >= 4 is 66.4 Å². The number of hydrogen-bond donors (Lipinski definition) is 4. The second-order valence-electron chi connectivity index (χ2n) is 17.7. The quantitative estimate of drug-likeness (QED) is 0.100. The van der Waals surface area contributed by atoms with Crippen molar-refractivity contribution in [3.63, 3.8) is 0 Å². The van der Waals surface area contributed by atoms with Crippen LogP contribution in [0.4, 0.5) is 11.8 Å². The van der Waals surface area contributed by atoms with Crippen LogP contribution < -0.4 is 31.7 Å². The first-order chi connectivity index (χ1) is 27.5. The molecule has 6 rings (SSSR count). The van der Waals surface area contributed by atoms with Crippen LogP contribution in [0.3, 0.4) is 0 Å². The normalized spacial score (nSPS) is 27.0. The summed E-state index contributed by atoms with van der Waals surface area (Å²) in [6.45, 7) is 17.6. The third-order valence-corrected chi connectivity index (χ3v) is 21.9. The van der Waals surface area contributed by atoms with E-state index in [9.17, 15) is 33.7 Å². The molecule has 2 aliphatic rings. The van der Waals surface area contributed by atoms with Crippen molar-refractivity contribution in [2.75, 3.05) is 24.7 Å². The highest BCUT2D eigenvalue weighted by molar-refractivity contribution is 7.45. The van der Waals surface area contributed by atoms with Gasteiger partial charge in [-0.1, -0.05) is 41.5 Å². The SMILES string of the molecule is CC(C)(C)[Si](C)(C)OC1C(OP(=O)([O-])[O-])[C@@H](COP(=O)([O-])OC2C(O[Si](C)(C)C(C)(C)C)[C@@H](CO)O[C@H]2n2cnc3c(=O)[nH]c(N)nc32)O[C@H]1n1cnc2c(N)ncnc21. The summed E-state index contributed by atoms with van der Waals surface area (Å²) >= 11 is 0. The summed E-state index contributed by atoms with van der Waals surface area (Å²) < 4.78 is 71.0. The molecule has 9 atom stereocenters. The van der Waals surface area contributed by atoms with Crippen LogP contribution in [0.1, 0.15) is 54.0 Å². The number of phosphoric acid groups is 2. The van der Waals surface area contributed by atoms with Gasteiger partial charge in [0.25, 0.3) is 13.4 Å². The summed E-state index contributed by atoms with van der Waals surface area (Å²) in [5.74, 6) is -0.235.